The molecule has 4 nitrogen and oxygen atoms in total. The van der Waals surface area contributed by atoms with Crippen molar-refractivity contribution >= 4 is 25.6 Å². The Morgan fingerprint density at radius 1 is 1.33 bits per heavy atom. The zero-order chi connectivity index (χ0) is 15.6. The van der Waals surface area contributed by atoms with E-state index in [0.29, 0.717) is 11.5 Å². The summed E-state index contributed by atoms with van der Waals surface area (Å²) in [5, 5.41) is 0. The molecule has 0 radical (unpaired) electrons. The minimum Gasteiger partial charge on any atom is -0.339 e. The molecule has 1 fully saturated rings. The highest BCUT2D eigenvalue weighted by molar-refractivity contribution is 8.13. The Bertz CT molecular complexity index is 634. The van der Waals surface area contributed by atoms with Crippen molar-refractivity contribution in [3.63, 3.8) is 0 Å². The first-order valence-corrected chi connectivity index (χ1v) is 9.48. The Balaban J connectivity index is 2.23. The lowest BCUT2D eigenvalue weighted by Crippen LogP contribution is -2.38. The maximum Gasteiger partial charge on any atom is 0.261 e. The topological polar surface area (TPSA) is 54.5 Å². The van der Waals surface area contributed by atoms with Crippen LogP contribution < -0.4 is 0 Å². The van der Waals surface area contributed by atoms with Crippen LogP contribution in [0.25, 0.3) is 0 Å². The summed E-state index contributed by atoms with van der Waals surface area (Å²) >= 11 is 0. The summed E-state index contributed by atoms with van der Waals surface area (Å²) in [6.07, 6.45) is 3.16. The van der Waals surface area contributed by atoms with Gasteiger partial charge in [-0.05, 0) is 43.4 Å². The summed E-state index contributed by atoms with van der Waals surface area (Å²) in [7, 11) is 1.54. The SMILES string of the molecule is CCC1CCN(C(=O)c2cc(S(=O)(=O)Cl)ccc2C)CC1. The van der Waals surface area contributed by atoms with Crippen molar-refractivity contribution in [2.45, 2.75) is 38.0 Å². The molecule has 1 saturated heterocycles. The molecule has 6 heteroatoms. The van der Waals surface area contributed by atoms with Gasteiger partial charge in [0.05, 0.1) is 4.90 Å². The number of nitrogens with zero attached hydrogens (tertiary/aromatic N) is 1. The second-order valence-electron chi connectivity index (χ2n) is 5.56. The highest BCUT2D eigenvalue weighted by Crippen LogP contribution is 2.24. The lowest BCUT2D eigenvalue weighted by atomic mass is 9.94. The number of rotatable bonds is 3. The van der Waals surface area contributed by atoms with E-state index in [4.69, 9.17) is 10.7 Å². The molecule has 1 aromatic carbocycles. The number of hydrogen-bond donors (Lipinski definition) is 0. The molecule has 1 aliphatic rings. The summed E-state index contributed by atoms with van der Waals surface area (Å²) in [5.74, 6) is 0.578. The van der Waals surface area contributed by atoms with E-state index >= 15 is 0 Å². The Morgan fingerprint density at radius 3 is 2.48 bits per heavy atom. The zero-order valence-electron chi connectivity index (χ0n) is 12.3. The average Bonchev–Trinajstić information content (AvgIpc) is 2.46. The second kappa shape index (κ2) is 6.36. The molecule has 0 saturated carbocycles. The molecule has 0 spiro atoms. The first-order valence-electron chi connectivity index (χ1n) is 7.17. The number of piperidine rings is 1. The van der Waals surface area contributed by atoms with Crippen LogP contribution in [-0.2, 0) is 9.05 Å². The first-order chi connectivity index (χ1) is 9.82. The van der Waals surface area contributed by atoms with Crippen molar-refractivity contribution in [3.05, 3.63) is 29.3 Å². The molecule has 0 aromatic heterocycles. The Kier molecular flexibility index (Phi) is 4.94. The molecule has 0 atom stereocenters. The van der Waals surface area contributed by atoms with Crippen molar-refractivity contribution < 1.29 is 13.2 Å². The van der Waals surface area contributed by atoms with Crippen molar-refractivity contribution in [3.8, 4) is 0 Å². The molecule has 116 valence electrons. The molecule has 0 bridgehead atoms. The Labute approximate surface area is 130 Å². The fraction of sp³-hybridized carbons (Fsp3) is 0.533. The normalized spacial score (nSPS) is 17.0. The van der Waals surface area contributed by atoms with Gasteiger partial charge in [0.1, 0.15) is 0 Å². The van der Waals surface area contributed by atoms with Crippen LogP contribution in [0, 0.1) is 12.8 Å². The van der Waals surface area contributed by atoms with Gasteiger partial charge in [-0.15, -0.1) is 0 Å². The minimum absolute atomic E-state index is 0.0263. The molecule has 0 unspecified atom stereocenters. The van der Waals surface area contributed by atoms with E-state index in [1.165, 1.54) is 12.1 Å². The highest BCUT2D eigenvalue weighted by Gasteiger charge is 2.24. The van der Waals surface area contributed by atoms with Gasteiger partial charge in [0.2, 0.25) is 0 Å². The van der Waals surface area contributed by atoms with Gasteiger partial charge in [-0.2, -0.15) is 0 Å². The summed E-state index contributed by atoms with van der Waals surface area (Å²) in [5.41, 5.74) is 1.19. The predicted molar refractivity (Wildman–Crippen MR) is 83.1 cm³/mol. The van der Waals surface area contributed by atoms with Gasteiger partial charge in [-0.25, -0.2) is 8.42 Å². The molecular weight excluding hydrogens is 310 g/mol. The van der Waals surface area contributed by atoms with Crippen LogP contribution in [-0.4, -0.2) is 32.3 Å². The number of carbonyl (C=O) groups excluding carboxylic acids is 1. The van der Waals surface area contributed by atoms with Gasteiger partial charge in [-0.1, -0.05) is 19.4 Å². The lowest BCUT2D eigenvalue weighted by Gasteiger charge is -2.32. The van der Waals surface area contributed by atoms with Gasteiger partial charge >= 0.3 is 0 Å². The third-order valence-electron chi connectivity index (χ3n) is 4.20. The average molecular weight is 330 g/mol. The zero-order valence-corrected chi connectivity index (χ0v) is 13.9. The maximum atomic E-state index is 12.6. The van der Waals surface area contributed by atoms with Crippen LogP contribution in [0.1, 0.15) is 42.1 Å². The third kappa shape index (κ3) is 3.77. The molecule has 2 rings (SSSR count). The van der Waals surface area contributed by atoms with E-state index in [9.17, 15) is 13.2 Å². The van der Waals surface area contributed by atoms with Crippen LogP contribution in [0.3, 0.4) is 0 Å². The van der Waals surface area contributed by atoms with Crippen LogP contribution in [0.5, 0.6) is 0 Å². The number of carbonyl (C=O) groups is 1. The summed E-state index contributed by atoms with van der Waals surface area (Å²) in [6.45, 7) is 5.43. The summed E-state index contributed by atoms with van der Waals surface area (Å²) < 4.78 is 22.8. The van der Waals surface area contributed by atoms with Crippen LogP contribution in [0.4, 0.5) is 0 Å². The van der Waals surface area contributed by atoms with Crippen LogP contribution in [0.2, 0.25) is 0 Å². The van der Waals surface area contributed by atoms with Crippen molar-refractivity contribution in [1.29, 1.82) is 0 Å². The maximum absolute atomic E-state index is 12.6. The van der Waals surface area contributed by atoms with Crippen LogP contribution in [0.15, 0.2) is 23.1 Å². The fourth-order valence-corrected chi connectivity index (χ4v) is 3.47. The van der Waals surface area contributed by atoms with Gasteiger partial charge in [0.25, 0.3) is 15.0 Å². The number of likely N-dealkylation sites (tertiary alicyclic amines) is 1. The van der Waals surface area contributed by atoms with Crippen molar-refractivity contribution in [2.24, 2.45) is 5.92 Å². The van der Waals surface area contributed by atoms with E-state index in [0.717, 1.165) is 37.9 Å². The predicted octanol–water partition coefficient (Wildman–Crippen LogP) is 3.18. The number of aryl methyl sites for hydroxylation is 1. The van der Waals surface area contributed by atoms with E-state index in [1.807, 2.05) is 0 Å². The number of halogens is 1. The summed E-state index contributed by atoms with van der Waals surface area (Å²) in [4.78, 5) is 14.4. The van der Waals surface area contributed by atoms with E-state index < -0.39 is 9.05 Å². The second-order valence-corrected chi connectivity index (χ2v) is 8.12. The molecular formula is C15H20ClNO3S. The van der Waals surface area contributed by atoms with Crippen molar-refractivity contribution in [1.82, 2.24) is 4.90 Å². The lowest BCUT2D eigenvalue weighted by molar-refractivity contribution is 0.0688. The molecule has 1 aromatic rings. The molecule has 21 heavy (non-hydrogen) atoms. The fourth-order valence-electron chi connectivity index (χ4n) is 2.70. The quantitative estimate of drug-likeness (QED) is 0.800. The number of benzene rings is 1. The molecule has 1 amide bonds. The van der Waals surface area contributed by atoms with E-state index in [2.05, 4.69) is 6.92 Å². The molecule has 1 aliphatic heterocycles. The van der Waals surface area contributed by atoms with E-state index in [-0.39, 0.29) is 10.8 Å². The summed E-state index contributed by atoms with van der Waals surface area (Å²) in [6, 6.07) is 4.44. The standard InChI is InChI=1S/C15H20ClNO3S/c1-3-12-6-8-17(9-7-12)15(18)14-10-13(21(16,19)20)5-4-11(14)2/h4-5,10,12H,3,6-9H2,1-2H3. The highest BCUT2D eigenvalue weighted by atomic mass is 35.7. The third-order valence-corrected chi connectivity index (χ3v) is 5.55. The van der Waals surface area contributed by atoms with E-state index in [1.54, 1.807) is 17.9 Å². The van der Waals surface area contributed by atoms with Gasteiger partial charge in [0.15, 0.2) is 0 Å². The first kappa shape index (κ1) is 16.3. The smallest absolute Gasteiger partial charge is 0.261 e. The van der Waals surface area contributed by atoms with Gasteiger partial charge < -0.3 is 4.90 Å². The number of amides is 1. The van der Waals surface area contributed by atoms with Crippen LogP contribution >= 0.6 is 10.7 Å². The molecule has 0 aliphatic carbocycles. The van der Waals surface area contributed by atoms with Gasteiger partial charge in [0, 0.05) is 29.3 Å². The van der Waals surface area contributed by atoms with Gasteiger partial charge in [-0.3, -0.25) is 4.79 Å². The Hall–Kier alpha value is -1.07. The largest absolute Gasteiger partial charge is 0.339 e. The Morgan fingerprint density at radius 2 is 1.95 bits per heavy atom. The minimum atomic E-state index is -3.82. The molecule has 1 heterocycles. The molecule has 0 N–H and O–H groups in total. The van der Waals surface area contributed by atoms with Crippen molar-refractivity contribution in [2.75, 3.05) is 13.1 Å². The number of hydrogen-bond acceptors (Lipinski definition) is 3. The monoisotopic (exact) mass is 329 g/mol.